The summed E-state index contributed by atoms with van der Waals surface area (Å²) in [5.41, 5.74) is 2.25. The Bertz CT molecular complexity index is 2340. The van der Waals surface area contributed by atoms with Gasteiger partial charge in [-0.1, -0.05) is 79.8 Å². The molecule has 1 heterocycles. The van der Waals surface area contributed by atoms with E-state index in [-0.39, 0.29) is 0 Å². The van der Waals surface area contributed by atoms with Crippen LogP contribution < -0.4 is 24.3 Å². The molecule has 1 aromatic heterocycles. The Morgan fingerprint density at radius 2 is 1.36 bits per heavy atom. The number of ether oxygens (including phenoxy) is 5. The third-order valence-electron chi connectivity index (χ3n) is 9.23. The van der Waals surface area contributed by atoms with Crippen LogP contribution in [0.3, 0.4) is 0 Å². The van der Waals surface area contributed by atoms with Gasteiger partial charge >= 0.3 is 17.9 Å². The largest absolute Gasteiger partial charge is 0.494 e. The fraction of sp³-hybridized carbons (Fsp3) is 0.250. The van der Waals surface area contributed by atoms with Crippen molar-refractivity contribution in [3.05, 3.63) is 139 Å². The van der Waals surface area contributed by atoms with Crippen molar-refractivity contribution >= 4 is 61.4 Å². The van der Waals surface area contributed by atoms with E-state index in [4.69, 9.17) is 23.7 Å². The third kappa shape index (κ3) is 12.3. The molecule has 10 nitrogen and oxygen atoms in total. The average molecular weight is 813 g/mol. The molecule has 304 valence electrons. The maximum Gasteiger partial charge on any atom is 0.343 e. The summed E-state index contributed by atoms with van der Waals surface area (Å²) in [6, 6.07) is 30.8. The summed E-state index contributed by atoms with van der Waals surface area (Å²) in [6.45, 7) is 7.62. The van der Waals surface area contributed by atoms with Gasteiger partial charge in [0.05, 0.1) is 41.2 Å². The van der Waals surface area contributed by atoms with Crippen molar-refractivity contribution in [3.8, 4) is 23.0 Å². The molecule has 0 saturated carbocycles. The van der Waals surface area contributed by atoms with Gasteiger partial charge < -0.3 is 29.0 Å². The number of nitrogens with one attached hydrogen (secondary N) is 1. The molecule has 0 saturated heterocycles. The van der Waals surface area contributed by atoms with E-state index in [9.17, 15) is 14.4 Å². The molecule has 6 rings (SSSR count). The molecule has 59 heavy (non-hydrogen) atoms. The Labute approximate surface area is 348 Å². The molecular weight excluding hydrogens is 765 g/mol. The van der Waals surface area contributed by atoms with E-state index in [1.165, 1.54) is 0 Å². The van der Waals surface area contributed by atoms with Gasteiger partial charge in [-0.2, -0.15) is 0 Å². The van der Waals surface area contributed by atoms with Crippen LogP contribution in [-0.2, 0) is 9.53 Å². The maximum atomic E-state index is 13.7. The molecule has 6 aromatic rings. The number of esters is 3. The smallest absolute Gasteiger partial charge is 0.343 e. The van der Waals surface area contributed by atoms with Crippen LogP contribution in [0.2, 0.25) is 0 Å². The van der Waals surface area contributed by atoms with Crippen molar-refractivity contribution in [2.45, 2.75) is 51.9 Å². The van der Waals surface area contributed by atoms with E-state index in [0.717, 1.165) is 59.9 Å². The zero-order chi connectivity index (χ0) is 41.2. The van der Waals surface area contributed by atoms with Crippen LogP contribution in [0, 0.1) is 0 Å². The lowest BCUT2D eigenvalue weighted by Crippen LogP contribution is -2.11. The summed E-state index contributed by atoms with van der Waals surface area (Å²) in [5, 5.41) is 5.45. The molecule has 0 spiro atoms. The van der Waals surface area contributed by atoms with Crippen LogP contribution in [0.15, 0.2) is 122 Å². The summed E-state index contributed by atoms with van der Waals surface area (Å²) in [7, 11) is 0. The number of para-hydroxylation sites is 1. The minimum atomic E-state index is -0.544. The topological polar surface area (TPSA) is 122 Å². The van der Waals surface area contributed by atoms with Crippen LogP contribution in [0.4, 0.5) is 5.13 Å². The number of nitrogens with zero attached hydrogens (tertiary/aromatic N) is 1. The molecule has 0 radical (unpaired) electrons. The van der Waals surface area contributed by atoms with Crippen molar-refractivity contribution in [2.24, 2.45) is 0 Å². The summed E-state index contributed by atoms with van der Waals surface area (Å²) in [6.07, 6.45) is 11.1. The van der Waals surface area contributed by atoms with Gasteiger partial charge in [0.15, 0.2) is 5.13 Å². The first kappa shape index (κ1) is 42.2. The molecule has 0 unspecified atom stereocenters. The molecule has 1 N–H and O–H groups in total. The molecule has 5 aromatic carbocycles. The van der Waals surface area contributed by atoms with Crippen LogP contribution in [-0.4, -0.2) is 49.3 Å². The lowest BCUT2D eigenvalue weighted by Gasteiger charge is -2.15. The number of benzene rings is 5. The Hall–Kier alpha value is -6.46. The first-order valence-electron chi connectivity index (χ1n) is 19.9. The number of carbonyl (C=O) groups excluding carboxylic acids is 3. The SMILES string of the molecule is C=CC(=O)OCCCCCCOc1ccc(C(=O)Oc2c(/C=C\CCNc3nc4ccccc4s3)cc(OC(=O)c3ccc(OCCCC)cc3)c3ccccc23)cc1. The molecule has 0 aliphatic carbocycles. The highest BCUT2D eigenvalue weighted by molar-refractivity contribution is 7.22. The highest BCUT2D eigenvalue weighted by atomic mass is 32.1. The fourth-order valence-corrected chi connectivity index (χ4v) is 6.97. The van der Waals surface area contributed by atoms with E-state index in [1.54, 1.807) is 65.9 Å². The summed E-state index contributed by atoms with van der Waals surface area (Å²) in [5.74, 6) is 0.524. The van der Waals surface area contributed by atoms with Crippen LogP contribution in [0.5, 0.6) is 23.0 Å². The van der Waals surface area contributed by atoms with Crippen LogP contribution >= 0.6 is 11.3 Å². The highest BCUT2D eigenvalue weighted by Crippen LogP contribution is 2.39. The number of aromatic nitrogens is 1. The number of hydrogen-bond donors (Lipinski definition) is 1. The van der Waals surface area contributed by atoms with Crippen LogP contribution in [0.25, 0.3) is 27.1 Å². The van der Waals surface area contributed by atoms with Crippen molar-refractivity contribution in [3.63, 3.8) is 0 Å². The Kier molecular flexibility index (Phi) is 15.6. The molecule has 0 amide bonds. The van der Waals surface area contributed by atoms with E-state index in [0.29, 0.717) is 83.2 Å². The number of fused-ring (bicyclic) bond motifs is 2. The van der Waals surface area contributed by atoms with E-state index >= 15 is 0 Å². The average Bonchev–Trinajstić information content (AvgIpc) is 3.69. The minimum Gasteiger partial charge on any atom is -0.494 e. The molecule has 0 bridgehead atoms. The number of thiazole rings is 1. The second kappa shape index (κ2) is 21.9. The van der Waals surface area contributed by atoms with Crippen molar-refractivity contribution in [1.29, 1.82) is 0 Å². The Morgan fingerprint density at radius 3 is 2.03 bits per heavy atom. The molecule has 11 heteroatoms. The number of carbonyl (C=O) groups is 3. The number of hydrogen-bond acceptors (Lipinski definition) is 11. The first-order chi connectivity index (χ1) is 28.9. The molecule has 0 aliphatic heterocycles. The van der Waals surface area contributed by atoms with Gasteiger partial charge in [-0.25, -0.2) is 19.4 Å². The van der Waals surface area contributed by atoms with Gasteiger partial charge in [-0.15, -0.1) is 0 Å². The second-order valence-corrected chi connectivity index (χ2v) is 14.6. The Morgan fingerprint density at radius 1 is 0.729 bits per heavy atom. The van der Waals surface area contributed by atoms with Crippen LogP contribution in [0.1, 0.15) is 78.1 Å². The molecule has 0 aliphatic rings. The standard InChI is InChI=1S/C48H48N2O8S/c1-3-5-30-54-37-25-21-34(22-26-37)46(52)57-42-33-36(16-12-13-29-49-48-50-41-19-10-11-20-43(41)59-48)45(40-18-9-8-17-39(40)42)58-47(53)35-23-27-38(28-24-35)55-31-14-6-7-15-32-56-44(51)4-2/h4,8-12,16-28,33H,2-3,5-7,13-15,29-32H2,1H3,(H,49,50)/b16-12-. The van der Waals surface area contributed by atoms with Gasteiger partial charge in [0.25, 0.3) is 0 Å². The lowest BCUT2D eigenvalue weighted by atomic mass is 10.0. The van der Waals surface area contributed by atoms with Gasteiger partial charge in [0.2, 0.25) is 0 Å². The number of anilines is 1. The number of unbranched alkanes of at least 4 members (excludes halogenated alkanes) is 4. The summed E-state index contributed by atoms with van der Waals surface area (Å²) < 4.78 is 30.0. The van der Waals surface area contributed by atoms with E-state index < -0.39 is 17.9 Å². The monoisotopic (exact) mass is 812 g/mol. The summed E-state index contributed by atoms with van der Waals surface area (Å²) >= 11 is 1.60. The molecule has 0 atom stereocenters. The summed E-state index contributed by atoms with van der Waals surface area (Å²) in [4.78, 5) is 43.0. The zero-order valence-electron chi connectivity index (χ0n) is 33.2. The Balaban J connectivity index is 1.15. The van der Waals surface area contributed by atoms with Crippen molar-refractivity contribution in [1.82, 2.24) is 4.98 Å². The van der Waals surface area contributed by atoms with Gasteiger partial charge in [-0.05, 0) is 105 Å². The zero-order valence-corrected chi connectivity index (χ0v) is 34.0. The predicted molar refractivity (Wildman–Crippen MR) is 234 cm³/mol. The molecular formula is C48H48N2O8S. The van der Waals surface area contributed by atoms with E-state index in [1.807, 2.05) is 60.7 Å². The predicted octanol–water partition coefficient (Wildman–Crippen LogP) is 11.3. The first-order valence-corrected chi connectivity index (χ1v) is 20.7. The highest BCUT2D eigenvalue weighted by Gasteiger charge is 2.20. The second-order valence-electron chi connectivity index (χ2n) is 13.6. The number of rotatable bonds is 22. The van der Waals surface area contributed by atoms with E-state index in [2.05, 4.69) is 23.8 Å². The van der Waals surface area contributed by atoms with Gasteiger partial charge in [-0.3, -0.25) is 0 Å². The molecule has 0 fully saturated rings. The normalized spacial score (nSPS) is 11.1. The quantitative estimate of drug-likeness (QED) is 0.0307. The third-order valence-corrected chi connectivity index (χ3v) is 10.2. The minimum absolute atomic E-state index is 0.332. The van der Waals surface area contributed by atoms with Crippen molar-refractivity contribution < 1.29 is 38.1 Å². The fourth-order valence-electron chi connectivity index (χ4n) is 6.08. The van der Waals surface area contributed by atoms with Gasteiger partial charge in [0.1, 0.15) is 23.0 Å². The lowest BCUT2D eigenvalue weighted by molar-refractivity contribution is -0.137. The van der Waals surface area contributed by atoms with Gasteiger partial charge in [0, 0.05) is 29.0 Å². The maximum absolute atomic E-state index is 13.7. The van der Waals surface area contributed by atoms with Crippen molar-refractivity contribution in [2.75, 3.05) is 31.7 Å².